The zero-order valence-corrected chi connectivity index (χ0v) is 16.5. The maximum Gasteiger partial charge on any atom is 0.225 e. The predicted molar refractivity (Wildman–Crippen MR) is 111 cm³/mol. The normalized spacial score (nSPS) is 19.5. The van der Waals surface area contributed by atoms with Crippen molar-refractivity contribution >= 4 is 11.7 Å². The average Bonchev–Trinajstić information content (AvgIpc) is 3.56. The number of aromatic nitrogens is 1. The molecule has 3 aliphatic rings. The number of amides is 1. The summed E-state index contributed by atoms with van der Waals surface area (Å²) in [5.41, 5.74) is 3.69. The molecule has 1 aromatic heterocycles. The summed E-state index contributed by atoms with van der Waals surface area (Å²) < 4.78 is 6.05. The standard InChI is InChI=1S/C23H27N3O3/c27-19-2-1-3-20(29-13-14-4-5-14)22(19)18-12-17(15-8-10-24-11-9-15)16-6-7-21(28)26-23(16)25-18/h1-3,12,14-15,24,27H,4-11,13H2,(H,25,26,28). The largest absolute Gasteiger partial charge is 0.507 e. The molecule has 2 fully saturated rings. The van der Waals surface area contributed by atoms with E-state index in [4.69, 9.17) is 9.72 Å². The SMILES string of the molecule is O=C1CCc2c(C3CCNCC3)cc(-c3c(O)cccc3OCC3CC3)nc2N1. The maximum absolute atomic E-state index is 12.0. The zero-order chi connectivity index (χ0) is 19.8. The molecular formula is C23H27N3O3. The number of hydrogen-bond donors (Lipinski definition) is 3. The summed E-state index contributed by atoms with van der Waals surface area (Å²) in [5, 5.41) is 17.1. The monoisotopic (exact) mass is 393 g/mol. The Hall–Kier alpha value is -2.60. The minimum absolute atomic E-state index is 0.000835. The van der Waals surface area contributed by atoms with Crippen molar-refractivity contribution in [1.29, 1.82) is 0 Å². The lowest BCUT2D eigenvalue weighted by Crippen LogP contribution is -2.28. The van der Waals surface area contributed by atoms with E-state index in [9.17, 15) is 9.90 Å². The van der Waals surface area contributed by atoms with Crippen LogP contribution in [0.15, 0.2) is 24.3 Å². The summed E-state index contributed by atoms with van der Waals surface area (Å²) in [4.78, 5) is 16.8. The van der Waals surface area contributed by atoms with Crippen molar-refractivity contribution in [3.05, 3.63) is 35.4 Å². The van der Waals surface area contributed by atoms with Crippen LogP contribution in [-0.2, 0) is 11.2 Å². The van der Waals surface area contributed by atoms with Crippen LogP contribution < -0.4 is 15.4 Å². The molecule has 152 valence electrons. The number of pyridine rings is 1. The number of nitrogens with zero attached hydrogens (tertiary/aromatic N) is 1. The van der Waals surface area contributed by atoms with Gasteiger partial charge in [0.05, 0.1) is 17.9 Å². The highest BCUT2D eigenvalue weighted by Gasteiger charge is 2.28. The molecule has 0 radical (unpaired) electrons. The molecule has 3 heterocycles. The third kappa shape index (κ3) is 3.81. The van der Waals surface area contributed by atoms with Gasteiger partial charge in [-0.3, -0.25) is 4.79 Å². The van der Waals surface area contributed by atoms with Gasteiger partial charge in [0, 0.05) is 6.42 Å². The van der Waals surface area contributed by atoms with Crippen molar-refractivity contribution in [1.82, 2.24) is 10.3 Å². The van der Waals surface area contributed by atoms with Crippen LogP contribution in [0, 0.1) is 5.92 Å². The highest BCUT2D eigenvalue weighted by atomic mass is 16.5. The summed E-state index contributed by atoms with van der Waals surface area (Å²) >= 11 is 0. The van der Waals surface area contributed by atoms with Crippen LogP contribution in [0.3, 0.4) is 0 Å². The van der Waals surface area contributed by atoms with Crippen LogP contribution in [0.1, 0.15) is 49.1 Å². The van der Waals surface area contributed by atoms with Gasteiger partial charge in [0.2, 0.25) is 5.91 Å². The molecule has 0 spiro atoms. The maximum atomic E-state index is 12.0. The molecule has 29 heavy (non-hydrogen) atoms. The van der Waals surface area contributed by atoms with E-state index in [0.717, 1.165) is 37.9 Å². The quantitative estimate of drug-likeness (QED) is 0.723. The molecule has 6 nitrogen and oxygen atoms in total. The Morgan fingerprint density at radius 1 is 1.14 bits per heavy atom. The van der Waals surface area contributed by atoms with Crippen molar-refractivity contribution in [2.75, 3.05) is 25.0 Å². The van der Waals surface area contributed by atoms with Crippen LogP contribution in [0.5, 0.6) is 11.5 Å². The smallest absolute Gasteiger partial charge is 0.225 e. The second-order valence-electron chi connectivity index (χ2n) is 8.40. The molecule has 1 saturated heterocycles. The highest BCUT2D eigenvalue weighted by molar-refractivity contribution is 5.93. The minimum atomic E-state index is 0.000835. The van der Waals surface area contributed by atoms with Gasteiger partial charge in [-0.05, 0) is 86.4 Å². The second-order valence-corrected chi connectivity index (χ2v) is 8.40. The number of carbonyl (C=O) groups excluding carboxylic acids is 1. The van der Waals surface area contributed by atoms with Gasteiger partial charge < -0.3 is 20.5 Å². The first-order valence-electron chi connectivity index (χ1n) is 10.7. The number of hydrogen-bond acceptors (Lipinski definition) is 5. The summed E-state index contributed by atoms with van der Waals surface area (Å²) in [6.45, 7) is 2.66. The molecule has 1 aliphatic carbocycles. The zero-order valence-electron chi connectivity index (χ0n) is 16.5. The molecule has 2 aromatic rings. The van der Waals surface area contributed by atoms with Gasteiger partial charge in [0.15, 0.2) is 0 Å². The van der Waals surface area contributed by atoms with E-state index in [2.05, 4.69) is 16.7 Å². The van der Waals surface area contributed by atoms with Gasteiger partial charge in [-0.2, -0.15) is 0 Å². The fourth-order valence-corrected chi connectivity index (χ4v) is 4.41. The number of aromatic hydroxyl groups is 1. The van der Waals surface area contributed by atoms with E-state index in [1.54, 1.807) is 12.1 Å². The summed E-state index contributed by atoms with van der Waals surface area (Å²) in [6, 6.07) is 7.48. The van der Waals surface area contributed by atoms with Crippen molar-refractivity contribution in [3.63, 3.8) is 0 Å². The highest BCUT2D eigenvalue weighted by Crippen LogP contribution is 2.42. The minimum Gasteiger partial charge on any atom is -0.507 e. The first kappa shape index (κ1) is 18.4. The van der Waals surface area contributed by atoms with E-state index in [1.807, 2.05) is 6.07 Å². The van der Waals surface area contributed by atoms with Gasteiger partial charge in [0.1, 0.15) is 17.3 Å². The number of piperidine rings is 1. The first-order chi connectivity index (χ1) is 14.2. The number of phenolic OH excluding ortho intramolecular Hbond substituents is 1. The molecule has 2 aliphatic heterocycles. The molecule has 1 aromatic carbocycles. The van der Waals surface area contributed by atoms with E-state index in [1.165, 1.54) is 18.4 Å². The third-order valence-corrected chi connectivity index (χ3v) is 6.23. The van der Waals surface area contributed by atoms with E-state index in [-0.39, 0.29) is 11.7 Å². The molecule has 3 N–H and O–H groups in total. The number of rotatable bonds is 5. The Labute approximate surface area is 170 Å². The number of benzene rings is 1. The number of ether oxygens (including phenoxy) is 1. The van der Waals surface area contributed by atoms with Gasteiger partial charge in [-0.25, -0.2) is 4.98 Å². The molecule has 0 unspecified atom stereocenters. The van der Waals surface area contributed by atoms with Gasteiger partial charge in [-0.1, -0.05) is 6.07 Å². The molecule has 6 heteroatoms. The van der Waals surface area contributed by atoms with Crippen molar-refractivity contribution < 1.29 is 14.6 Å². The Balaban J connectivity index is 1.59. The van der Waals surface area contributed by atoms with E-state index >= 15 is 0 Å². The lowest BCUT2D eigenvalue weighted by atomic mass is 9.84. The lowest BCUT2D eigenvalue weighted by molar-refractivity contribution is -0.116. The third-order valence-electron chi connectivity index (χ3n) is 6.23. The van der Waals surface area contributed by atoms with Crippen LogP contribution in [0.25, 0.3) is 11.3 Å². The molecular weight excluding hydrogens is 366 g/mol. The van der Waals surface area contributed by atoms with Crippen LogP contribution in [-0.4, -0.2) is 35.7 Å². The Morgan fingerprint density at radius 3 is 2.76 bits per heavy atom. The number of phenols is 1. The number of fused-ring (bicyclic) bond motifs is 1. The number of nitrogens with one attached hydrogen (secondary N) is 2. The van der Waals surface area contributed by atoms with Crippen LogP contribution in [0.4, 0.5) is 5.82 Å². The van der Waals surface area contributed by atoms with Crippen LogP contribution in [0.2, 0.25) is 0 Å². The fourth-order valence-electron chi connectivity index (χ4n) is 4.41. The fraction of sp³-hybridized carbons (Fsp3) is 0.478. The molecule has 0 atom stereocenters. The topological polar surface area (TPSA) is 83.5 Å². The van der Waals surface area contributed by atoms with Crippen LogP contribution >= 0.6 is 0 Å². The van der Waals surface area contributed by atoms with E-state index < -0.39 is 0 Å². The molecule has 5 rings (SSSR count). The average molecular weight is 393 g/mol. The molecule has 1 amide bonds. The molecule has 1 saturated carbocycles. The Bertz CT molecular complexity index is 933. The van der Waals surface area contributed by atoms with Gasteiger partial charge >= 0.3 is 0 Å². The summed E-state index contributed by atoms with van der Waals surface area (Å²) in [7, 11) is 0. The Kier molecular flexibility index (Phi) is 4.87. The Morgan fingerprint density at radius 2 is 1.97 bits per heavy atom. The second kappa shape index (κ2) is 7.67. The van der Waals surface area contributed by atoms with Crippen molar-refractivity contribution in [2.45, 2.75) is 44.4 Å². The number of carbonyl (C=O) groups is 1. The van der Waals surface area contributed by atoms with Gasteiger partial charge in [0.25, 0.3) is 0 Å². The molecule has 0 bridgehead atoms. The first-order valence-corrected chi connectivity index (χ1v) is 10.7. The summed E-state index contributed by atoms with van der Waals surface area (Å²) in [5.74, 6) is 2.51. The lowest BCUT2D eigenvalue weighted by Gasteiger charge is -2.28. The predicted octanol–water partition coefficient (Wildman–Crippen LogP) is 3.59. The number of anilines is 1. The van der Waals surface area contributed by atoms with Crippen molar-refractivity contribution in [2.24, 2.45) is 5.92 Å². The van der Waals surface area contributed by atoms with Gasteiger partial charge in [-0.15, -0.1) is 0 Å². The van der Waals surface area contributed by atoms with Crippen molar-refractivity contribution in [3.8, 4) is 22.8 Å². The summed E-state index contributed by atoms with van der Waals surface area (Å²) in [6.07, 6.45) is 5.76. The van der Waals surface area contributed by atoms with E-state index in [0.29, 0.717) is 47.7 Å².